The first-order valence-electron chi connectivity index (χ1n) is 10.5. The Bertz CT molecular complexity index is 1030. The molecule has 0 bridgehead atoms. The van der Waals surface area contributed by atoms with E-state index in [4.69, 9.17) is 4.74 Å². The molecular weight excluding hydrogens is 408 g/mol. The van der Waals surface area contributed by atoms with Gasteiger partial charge in [0.15, 0.2) is 0 Å². The number of anilines is 1. The number of hydrogen-bond acceptors (Lipinski definition) is 6. The van der Waals surface area contributed by atoms with Gasteiger partial charge >= 0.3 is 0 Å². The highest BCUT2D eigenvalue weighted by atomic mass is 32.1. The number of benzene rings is 2. The van der Waals surface area contributed by atoms with Crippen LogP contribution < -0.4 is 15.0 Å². The number of rotatable bonds is 7. The van der Waals surface area contributed by atoms with Gasteiger partial charge in [-0.1, -0.05) is 24.3 Å². The summed E-state index contributed by atoms with van der Waals surface area (Å²) in [5.41, 5.74) is 3.82. The fourth-order valence-corrected chi connectivity index (χ4v) is 4.25. The summed E-state index contributed by atoms with van der Waals surface area (Å²) < 4.78 is 5.82. The maximum absolute atomic E-state index is 12.8. The monoisotopic (exact) mass is 436 g/mol. The van der Waals surface area contributed by atoms with Crippen molar-refractivity contribution in [1.29, 1.82) is 0 Å². The molecule has 1 N–H and O–H groups in total. The fraction of sp³-hybridized carbons (Fsp3) is 0.333. The second-order valence-corrected chi connectivity index (χ2v) is 8.84. The zero-order valence-electron chi connectivity index (χ0n) is 18.0. The van der Waals surface area contributed by atoms with Crippen LogP contribution in [0, 0.1) is 6.92 Å². The summed E-state index contributed by atoms with van der Waals surface area (Å²) in [7, 11) is 2.15. The van der Waals surface area contributed by atoms with E-state index in [0.29, 0.717) is 24.5 Å². The molecule has 1 aliphatic rings. The van der Waals surface area contributed by atoms with Crippen LogP contribution in [-0.4, -0.2) is 49.0 Å². The summed E-state index contributed by atoms with van der Waals surface area (Å²) in [5, 5.41) is 6.07. The van der Waals surface area contributed by atoms with Crippen molar-refractivity contribution in [3.8, 4) is 5.75 Å². The van der Waals surface area contributed by atoms with Gasteiger partial charge in [0, 0.05) is 49.4 Å². The molecule has 0 saturated carbocycles. The summed E-state index contributed by atoms with van der Waals surface area (Å²) >= 11 is 1.60. The number of ether oxygens (including phenoxy) is 1. The zero-order valence-corrected chi connectivity index (χ0v) is 18.8. The third-order valence-corrected chi connectivity index (χ3v) is 6.25. The Hall–Kier alpha value is -2.90. The van der Waals surface area contributed by atoms with Crippen molar-refractivity contribution < 1.29 is 9.53 Å². The molecule has 7 heteroatoms. The molecule has 0 spiro atoms. The highest BCUT2D eigenvalue weighted by Gasteiger charge is 2.17. The first-order valence-corrected chi connectivity index (χ1v) is 11.4. The van der Waals surface area contributed by atoms with Crippen LogP contribution in [0.15, 0.2) is 53.9 Å². The third kappa shape index (κ3) is 5.62. The molecule has 0 atom stereocenters. The molecule has 1 fully saturated rings. The Labute approximate surface area is 187 Å². The first-order chi connectivity index (χ1) is 15.1. The van der Waals surface area contributed by atoms with Crippen molar-refractivity contribution >= 4 is 22.9 Å². The van der Waals surface area contributed by atoms with Crippen molar-refractivity contribution in [2.75, 3.05) is 38.1 Å². The minimum absolute atomic E-state index is 0.108. The van der Waals surface area contributed by atoms with Gasteiger partial charge in [-0.3, -0.25) is 4.79 Å². The van der Waals surface area contributed by atoms with Gasteiger partial charge in [0.05, 0.1) is 10.7 Å². The Morgan fingerprint density at radius 1 is 1.13 bits per heavy atom. The number of aromatic nitrogens is 1. The van der Waals surface area contributed by atoms with E-state index in [1.54, 1.807) is 17.4 Å². The van der Waals surface area contributed by atoms with E-state index in [1.165, 1.54) is 5.69 Å². The van der Waals surface area contributed by atoms with Crippen LogP contribution in [0.3, 0.4) is 0 Å². The molecule has 2 heterocycles. The molecule has 162 valence electrons. The molecule has 0 aliphatic carbocycles. The first kappa shape index (κ1) is 21.3. The summed E-state index contributed by atoms with van der Waals surface area (Å²) in [6.45, 7) is 6.96. The van der Waals surface area contributed by atoms with Gasteiger partial charge in [-0.25, -0.2) is 4.98 Å². The predicted octanol–water partition coefficient (Wildman–Crippen LogP) is 3.71. The van der Waals surface area contributed by atoms with Gasteiger partial charge in [-0.15, -0.1) is 11.3 Å². The molecule has 6 nitrogen and oxygen atoms in total. The molecule has 1 amide bonds. The molecule has 3 aromatic rings. The SMILES string of the molecule is Cc1nc(COc2cccc(C(=O)NCc3ccccc3N3CCN(C)CC3)c2)cs1. The smallest absolute Gasteiger partial charge is 0.251 e. The summed E-state index contributed by atoms with van der Waals surface area (Å²) in [5.74, 6) is 0.555. The van der Waals surface area contributed by atoms with Crippen molar-refractivity contribution in [3.63, 3.8) is 0 Å². The van der Waals surface area contributed by atoms with Crippen molar-refractivity contribution in [3.05, 3.63) is 75.7 Å². The Kier molecular flexibility index (Phi) is 6.84. The van der Waals surface area contributed by atoms with E-state index < -0.39 is 0 Å². The lowest BCUT2D eigenvalue weighted by atomic mass is 10.1. The average molecular weight is 437 g/mol. The van der Waals surface area contributed by atoms with Gasteiger partial charge in [-0.05, 0) is 43.8 Å². The quantitative estimate of drug-likeness (QED) is 0.612. The number of likely N-dealkylation sites (N-methyl/N-ethyl adjacent to an activating group) is 1. The Morgan fingerprint density at radius 3 is 2.71 bits per heavy atom. The van der Waals surface area contributed by atoms with Crippen LogP contribution in [0.4, 0.5) is 5.69 Å². The zero-order chi connectivity index (χ0) is 21.6. The molecule has 31 heavy (non-hydrogen) atoms. The number of carbonyl (C=O) groups is 1. The number of aryl methyl sites for hydroxylation is 1. The van der Waals surface area contributed by atoms with Gasteiger partial charge in [0.25, 0.3) is 5.91 Å². The summed E-state index contributed by atoms with van der Waals surface area (Å²) in [6, 6.07) is 15.6. The van der Waals surface area contributed by atoms with Gasteiger partial charge < -0.3 is 19.9 Å². The number of para-hydroxylation sites is 1. The number of carbonyl (C=O) groups excluding carboxylic acids is 1. The second-order valence-electron chi connectivity index (χ2n) is 7.78. The summed E-state index contributed by atoms with van der Waals surface area (Å²) in [6.07, 6.45) is 0. The largest absolute Gasteiger partial charge is 0.487 e. The van der Waals surface area contributed by atoms with Crippen LogP contribution in [0.2, 0.25) is 0 Å². The lowest BCUT2D eigenvalue weighted by molar-refractivity contribution is 0.0950. The minimum Gasteiger partial charge on any atom is -0.487 e. The van der Waals surface area contributed by atoms with E-state index in [0.717, 1.165) is 42.4 Å². The standard InChI is InChI=1S/C24H28N4O2S/c1-18-26-21(17-31-18)16-30-22-8-5-7-19(14-22)24(29)25-15-20-6-3-4-9-23(20)28-12-10-27(2)11-13-28/h3-9,14,17H,10-13,15-16H2,1-2H3,(H,25,29). The topological polar surface area (TPSA) is 57.7 Å². The predicted molar refractivity (Wildman–Crippen MR) is 125 cm³/mol. The molecule has 0 unspecified atom stereocenters. The second kappa shape index (κ2) is 9.94. The highest BCUT2D eigenvalue weighted by Crippen LogP contribution is 2.22. The molecule has 1 aliphatic heterocycles. The molecule has 1 saturated heterocycles. The molecule has 4 rings (SSSR count). The van der Waals surface area contributed by atoms with E-state index in [2.05, 4.69) is 45.3 Å². The Morgan fingerprint density at radius 2 is 1.94 bits per heavy atom. The average Bonchev–Trinajstić information content (AvgIpc) is 3.22. The van der Waals surface area contributed by atoms with Crippen LogP contribution in [0.1, 0.15) is 26.6 Å². The van der Waals surface area contributed by atoms with E-state index in [-0.39, 0.29) is 5.91 Å². The molecule has 2 aromatic carbocycles. The molecule has 0 radical (unpaired) electrons. The van der Waals surface area contributed by atoms with Crippen molar-refractivity contribution in [2.45, 2.75) is 20.1 Å². The fourth-order valence-electron chi connectivity index (χ4n) is 3.65. The van der Waals surface area contributed by atoms with Crippen LogP contribution >= 0.6 is 11.3 Å². The molecule has 1 aromatic heterocycles. The number of hydrogen-bond donors (Lipinski definition) is 1. The highest BCUT2D eigenvalue weighted by molar-refractivity contribution is 7.09. The summed E-state index contributed by atoms with van der Waals surface area (Å²) in [4.78, 5) is 21.9. The number of nitrogens with zero attached hydrogens (tertiary/aromatic N) is 3. The molecular formula is C24H28N4O2S. The van der Waals surface area contributed by atoms with Crippen molar-refractivity contribution in [1.82, 2.24) is 15.2 Å². The van der Waals surface area contributed by atoms with Gasteiger partial charge in [-0.2, -0.15) is 0 Å². The van der Waals surface area contributed by atoms with Gasteiger partial charge in [0.2, 0.25) is 0 Å². The lowest BCUT2D eigenvalue weighted by Gasteiger charge is -2.35. The minimum atomic E-state index is -0.108. The van der Waals surface area contributed by atoms with Crippen LogP contribution in [0.5, 0.6) is 5.75 Å². The number of thiazole rings is 1. The van der Waals surface area contributed by atoms with Crippen molar-refractivity contribution in [2.24, 2.45) is 0 Å². The third-order valence-electron chi connectivity index (χ3n) is 5.42. The maximum atomic E-state index is 12.8. The number of nitrogens with one attached hydrogen (secondary N) is 1. The van der Waals surface area contributed by atoms with Gasteiger partial charge in [0.1, 0.15) is 12.4 Å². The van der Waals surface area contributed by atoms with E-state index >= 15 is 0 Å². The Balaban J connectivity index is 1.37. The normalized spacial score (nSPS) is 14.5. The lowest BCUT2D eigenvalue weighted by Crippen LogP contribution is -2.45. The van der Waals surface area contributed by atoms with Crippen LogP contribution in [0.25, 0.3) is 0 Å². The van der Waals surface area contributed by atoms with Crippen LogP contribution in [-0.2, 0) is 13.2 Å². The maximum Gasteiger partial charge on any atom is 0.251 e. The van der Waals surface area contributed by atoms with E-state index in [9.17, 15) is 4.79 Å². The number of piperazine rings is 1. The van der Waals surface area contributed by atoms with E-state index in [1.807, 2.05) is 36.6 Å². The number of amides is 1.